The van der Waals surface area contributed by atoms with Gasteiger partial charge in [-0.1, -0.05) is 18.5 Å². The van der Waals surface area contributed by atoms with Gasteiger partial charge < -0.3 is 10.1 Å². The van der Waals surface area contributed by atoms with Crippen LogP contribution in [0, 0.1) is 5.92 Å². The van der Waals surface area contributed by atoms with E-state index in [-0.39, 0.29) is 17.0 Å². The lowest BCUT2D eigenvalue weighted by Crippen LogP contribution is -2.30. The minimum absolute atomic E-state index is 0.209. The van der Waals surface area contributed by atoms with Crippen LogP contribution in [-0.4, -0.2) is 33.1 Å². The van der Waals surface area contributed by atoms with Gasteiger partial charge in [-0.3, -0.25) is 9.59 Å². The molecule has 1 heterocycles. The number of nitrogens with zero attached hydrogens (tertiary/aromatic N) is 1. The number of amides is 2. The van der Waals surface area contributed by atoms with E-state index in [2.05, 4.69) is 5.32 Å². The van der Waals surface area contributed by atoms with Gasteiger partial charge in [0.25, 0.3) is 5.91 Å². The van der Waals surface area contributed by atoms with Crippen molar-refractivity contribution in [3.05, 3.63) is 53.1 Å². The Bertz CT molecular complexity index is 1000. The third-order valence-electron chi connectivity index (χ3n) is 4.13. The van der Waals surface area contributed by atoms with Crippen molar-refractivity contribution in [2.45, 2.75) is 6.92 Å². The second kappa shape index (κ2) is 7.21. The van der Waals surface area contributed by atoms with Crippen LogP contribution in [0.15, 0.2) is 42.5 Å². The van der Waals surface area contributed by atoms with Gasteiger partial charge in [0, 0.05) is 10.6 Å². The highest BCUT2D eigenvalue weighted by Gasteiger charge is 2.41. The number of carbonyl (C=O) groups is 2. The topological polar surface area (TPSA) is 92.8 Å². The van der Waals surface area contributed by atoms with Gasteiger partial charge in [0.2, 0.25) is 15.9 Å². The maximum Gasteiger partial charge on any atom is 0.255 e. The fourth-order valence-corrected chi connectivity index (χ4v) is 4.80. The van der Waals surface area contributed by atoms with E-state index in [1.54, 1.807) is 25.1 Å². The summed E-state index contributed by atoms with van der Waals surface area (Å²) in [5.41, 5.74) is 0.907. The molecule has 1 saturated heterocycles. The first kappa shape index (κ1) is 19.2. The summed E-state index contributed by atoms with van der Waals surface area (Å²) < 4.78 is 30.3. The maximum atomic E-state index is 12.5. The highest BCUT2D eigenvalue weighted by Crippen LogP contribution is 2.30. The third kappa shape index (κ3) is 3.77. The van der Waals surface area contributed by atoms with E-state index in [4.69, 9.17) is 16.3 Å². The van der Waals surface area contributed by atoms with Crippen LogP contribution in [0.25, 0.3) is 0 Å². The number of halogens is 1. The van der Waals surface area contributed by atoms with E-state index < -0.39 is 27.8 Å². The maximum absolute atomic E-state index is 12.5. The van der Waals surface area contributed by atoms with Gasteiger partial charge in [0.05, 0.1) is 30.2 Å². The number of benzene rings is 2. The SMILES string of the molecule is COc1ccc(Cl)cc1NC(=O)c1ccc(N2C(=O)C(C)CS2(=O)=O)cc1. The van der Waals surface area contributed by atoms with Crippen molar-refractivity contribution in [3.8, 4) is 5.75 Å². The molecule has 0 spiro atoms. The van der Waals surface area contributed by atoms with Crippen LogP contribution in [0.3, 0.4) is 0 Å². The summed E-state index contributed by atoms with van der Waals surface area (Å²) in [6.45, 7) is 1.57. The smallest absolute Gasteiger partial charge is 0.255 e. The number of anilines is 2. The number of rotatable bonds is 4. The van der Waals surface area contributed by atoms with E-state index in [1.807, 2.05) is 0 Å². The number of sulfonamides is 1. The first-order valence-electron chi connectivity index (χ1n) is 8.05. The van der Waals surface area contributed by atoms with Crippen LogP contribution < -0.4 is 14.4 Å². The van der Waals surface area contributed by atoms with Crippen LogP contribution >= 0.6 is 11.6 Å². The van der Waals surface area contributed by atoms with Crippen LogP contribution in [0.4, 0.5) is 11.4 Å². The first-order chi connectivity index (χ1) is 12.7. The standard InChI is InChI=1S/C18H17ClN2O5S/c1-11-10-27(24,25)21(18(11)23)14-6-3-12(4-7-14)17(22)20-15-9-13(19)5-8-16(15)26-2/h3-9,11H,10H2,1-2H3,(H,20,22). The lowest BCUT2D eigenvalue weighted by Gasteiger charge is -2.16. The minimum Gasteiger partial charge on any atom is -0.495 e. The van der Waals surface area contributed by atoms with Gasteiger partial charge >= 0.3 is 0 Å². The van der Waals surface area contributed by atoms with Gasteiger partial charge in [0.15, 0.2) is 0 Å². The average molecular weight is 409 g/mol. The van der Waals surface area contributed by atoms with Crippen molar-refractivity contribution < 1.29 is 22.7 Å². The van der Waals surface area contributed by atoms with E-state index in [0.717, 1.165) is 4.31 Å². The molecule has 1 N–H and O–H groups in total. The molecule has 1 aliphatic rings. The monoisotopic (exact) mass is 408 g/mol. The predicted octanol–water partition coefficient (Wildman–Crippen LogP) is 2.91. The zero-order valence-electron chi connectivity index (χ0n) is 14.6. The normalized spacial score (nSPS) is 18.4. The Morgan fingerprint density at radius 1 is 1.22 bits per heavy atom. The molecule has 142 valence electrons. The molecule has 1 atom stereocenters. The van der Waals surface area contributed by atoms with Crippen molar-refractivity contribution in [2.75, 3.05) is 22.5 Å². The highest BCUT2D eigenvalue weighted by atomic mass is 35.5. The fraction of sp³-hybridized carbons (Fsp3) is 0.222. The van der Waals surface area contributed by atoms with Crippen molar-refractivity contribution in [2.24, 2.45) is 5.92 Å². The summed E-state index contributed by atoms with van der Waals surface area (Å²) >= 11 is 5.95. The summed E-state index contributed by atoms with van der Waals surface area (Å²) in [6.07, 6.45) is 0. The van der Waals surface area contributed by atoms with Gasteiger partial charge in [-0.05, 0) is 42.5 Å². The van der Waals surface area contributed by atoms with E-state index >= 15 is 0 Å². The number of hydrogen-bond acceptors (Lipinski definition) is 5. The molecule has 2 aromatic rings. The zero-order chi connectivity index (χ0) is 19.8. The van der Waals surface area contributed by atoms with Crippen LogP contribution in [0.2, 0.25) is 5.02 Å². The molecule has 9 heteroatoms. The molecule has 0 saturated carbocycles. The van der Waals surface area contributed by atoms with Crippen molar-refractivity contribution in [1.82, 2.24) is 0 Å². The van der Waals surface area contributed by atoms with Gasteiger partial charge in [-0.15, -0.1) is 0 Å². The molecule has 0 aromatic heterocycles. The van der Waals surface area contributed by atoms with Gasteiger partial charge in [-0.25, -0.2) is 12.7 Å². The molecule has 0 radical (unpaired) electrons. The second-order valence-corrected chi connectivity index (χ2v) is 8.43. The van der Waals surface area contributed by atoms with Gasteiger partial charge in [-0.2, -0.15) is 0 Å². The summed E-state index contributed by atoms with van der Waals surface area (Å²) in [7, 11) is -2.21. The highest BCUT2D eigenvalue weighted by molar-refractivity contribution is 7.94. The Morgan fingerprint density at radius 2 is 1.89 bits per heavy atom. The van der Waals surface area contributed by atoms with E-state index in [0.29, 0.717) is 16.5 Å². The number of hydrogen-bond donors (Lipinski definition) is 1. The van der Waals surface area contributed by atoms with Gasteiger partial charge in [0.1, 0.15) is 5.75 Å². The van der Waals surface area contributed by atoms with Crippen molar-refractivity contribution in [1.29, 1.82) is 0 Å². The molecular weight excluding hydrogens is 392 g/mol. The van der Waals surface area contributed by atoms with E-state index in [1.165, 1.54) is 31.4 Å². The molecule has 1 fully saturated rings. The third-order valence-corrected chi connectivity index (χ3v) is 6.24. The molecule has 0 bridgehead atoms. The molecule has 3 rings (SSSR count). The number of nitrogens with one attached hydrogen (secondary N) is 1. The second-order valence-electron chi connectivity index (χ2n) is 6.13. The molecule has 7 nitrogen and oxygen atoms in total. The zero-order valence-corrected chi connectivity index (χ0v) is 16.2. The molecule has 27 heavy (non-hydrogen) atoms. The Hall–Kier alpha value is -2.58. The molecule has 2 aromatic carbocycles. The summed E-state index contributed by atoms with van der Waals surface area (Å²) in [6, 6.07) is 10.6. The lowest BCUT2D eigenvalue weighted by molar-refractivity contribution is -0.119. The minimum atomic E-state index is -3.68. The Kier molecular flexibility index (Phi) is 5.12. The van der Waals surface area contributed by atoms with Crippen LogP contribution in [0.1, 0.15) is 17.3 Å². The largest absolute Gasteiger partial charge is 0.495 e. The summed E-state index contributed by atoms with van der Waals surface area (Å²) in [5.74, 6) is -1.26. The fourth-order valence-electron chi connectivity index (χ4n) is 2.81. The number of methoxy groups -OCH3 is 1. The Balaban J connectivity index is 1.83. The first-order valence-corrected chi connectivity index (χ1v) is 10.0. The molecule has 1 aliphatic heterocycles. The Labute approximate surface area is 161 Å². The summed E-state index contributed by atoms with van der Waals surface area (Å²) in [4.78, 5) is 24.6. The van der Waals surface area contributed by atoms with Crippen molar-refractivity contribution >= 4 is 44.8 Å². The number of carbonyl (C=O) groups excluding carboxylic acids is 2. The average Bonchev–Trinajstić information content (AvgIpc) is 2.82. The molecular formula is C18H17ClN2O5S. The molecule has 2 amide bonds. The van der Waals surface area contributed by atoms with Crippen molar-refractivity contribution in [3.63, 3.8) is 0 Å². The van der Waals surface area contributed by atoms with Crippen LogP contribution in [0.5, 0.6) is 5.75 Å². The van der Waals surface area contributed by atoms with Crippen LogP contribution in [-0.2, 0) is 14.8 Å². The lowest BCUT2D eigenvalue weighted by atomic mass is 10.1. The molecule has 1 unspecified atom stereocenters. The Morgan fingerprint density at radius 3 is 2.44 bits per heavy atom. The summed E-state index contributed by atoms with van der Waals surface area (Å²) in [5, 5.41) is 3.13. The molecule has 0 aliphatic carbocycles. The quantitative estimate of drug-likeness (QED) is 0.839. The predicted molar refractivity (Wildman–Crippen MR) is 103 cm³/mol. The number of ether oxygens (including phenoxy) is 1. The van der Waals surface area contributed by atoms with E-state index in [9.17, 15) is 18.0 Å².